The Balaban J connectivity index is 1.80. The predicted octanol–water partition coefficient (Wildman–Crippen LogP) is 2.62. The summed E-state index contributed by atoms with van der Waals surface area (Å²) in [7, 11) is 0. The summed E-state index contributed by atoms with van der Waals surface area (Å²) in [5.41, 5.74) is 1.71. The molecule has 0 aromatic carbocycles. The highest BCUT2D eigenvalue weighted by atomic mass is 16.6. The molecule has 0 amide bonds. The quantitative estimate of drug-likeness (QED) is 0.319. The molecule has 0 N–H and O–H groups in total. The van der Waals surface area contributed by atoms with Gasteiger partial charge in [-0.15, -0.1) is 0 Å². The van der Waals surface area contributed by atoms with Crippen molar-refractivity contribution in [2.24, 2.45) is 5.92 Å². The van der Waals surface area contributed by atoms with Gasteiger partial charge in [0.15, 0.2) is 0 Å². The largest absolute Gasteiger partial charge is 0.458 e. The van der Waals surface area contributed by atoms with E-state index < -0.39 is 0 Å². The lowest BCUT2D eigenvalue weighted by molar-refractivity contribution is -0.138. The molecule has 0 aromatic rings. The fraction of sp³-hybridized carbons (Fsp3) is 0.643. The van der Waals surface area contributed by atoms with Gasteiger partial charge in [-0.1, -0.05) is 12.7 Å². The van der Waals surface area contributed by atoms with Crippen LogP contribution in [0.25, 0.3) is 0 Å². The number of carbonyl (C=O) groups excluding carboxylic acids is 1. The van der Waals surface area contributed by atoms with E-state index in [-0.39, 0.29) is 5.97 Å². The summed E-state index contributed by atoms with van der Waals surface area (Å²) >= 11 is 0. The Bertz CT molecular complexity index is 339. The number of allylic oxidation sites excluding steroid dienone is 1. The molecule has 1 heterocycles. The molecule has 2 atom stereocenters. The number of epoxide rings is 1. The number of hydrogen-bond acceptors (Lipinski definition) is 3. The van der Waals surface area contributed by atoms with Crippen LogP contribution in [-0.2, 0) is 14.3 Å². The third-order valence-corrected chi connectivity index (χ3v) is 3.25. The Hall–Kier alpha value is -1.09. The minimum atomic E-state index is -0.293. The third kappa shape index (κ3) is 4.00. The smallest absolute Gasteiger partial charge is 0.333 e. The van der Waals surface area contributed by atoms with Crippen molar-refractivity contribution in [3.8, 4) is 0 Å². The van der Waals surface area contributed by atoms with Crippen LogP contribution in [0.5, 0.6) is 0 Å². The molecule has 17 heavy (non-hydrogen) atoms. The fourth-order valence-electron chi connectivity index (χ4n) is 2.22. The van der Waals surface area contributed by atoms with Gasteiger partial charge < -0.3 is 9.47 Å². The first-order valence-electron chi connectivity index (χ1n) is 6.29. The second-order valence-corrected chi connectivity index (χ2v) is 5.02. The van der Waals surface area contributed by atoms with Crippen LogP contribution >= 0.6 is 0 Å². The summed E-state index contributed by atoms with van der Waals surface area (Å²) in [4.78, 5) is 11.3. The second kappa shape index (κ2) is 5.50. The van der Waals surface area contributed by atoms with Gasteiger partial charge in [-0.25, -0.2) is 4.79 Å². The van der Waals surface area contributed by atoms with Crippen LogP contribution in [0.4, 0.5) is 0 Å². The summed E-state index contributed by atoms with van der Waals surface area (Å²) in [6.07, 6.45) is 7.35. The van der Waals surface area contributed by atoms with Gasteiger partial charge in [0.1, 0.15) is 6.61 Å². The molecule has 2 rings (SSSR count). The lowest BCUT2D eigenvalue weighted by Gasteiger charge is -2.20. The van der Waals surface area contributed by atoms with Crippen LogP contribution < -0.4 is 0 Å². The Morgan fingerprint density at radius 2 is 2.41 bits per heavy atom. The molecule has 1 aliphatic carbocycles. The van der Waals surface area contributed by atoms with E-state index in [1.165, 1.54) is 18.4 Å². The lowest BCUT2D eigenvalue weighted by atomic mass is 9.88. The van der Waals surface area contributed by atoms with Gasteiger partial charge >= 0.3 is 5.97 Å². The Morgan fingerprint density at radius 1 is 1.65 bits per heavy atom. The molecule has 3 heteroatoms. The Morgan fingerprint density at radius 3 is 3.06 bits per heavy atom. The summed E-state index contributed by atoms with van der Waals surface area (Å²) in [5.74, 6) is 0.313. The zero-order valence-electron chi connectivity index (χ0n) is 10.4. The van der Waals surface area contributed by atoms with Gasteiger partial charge in [0.25, 0.3) is 0 Å². The van der Waals surface area contributed by atoms with Crippen molar-refractivity contribution < 1.29 is 14.3 Å². The molecule has 0 radical (unpaired) electrons. The van der Waals surface area contributed by atoms with E-state index in [0.717, 1.165) is 19.4 Å². The molecule has 0 spiro atoms. The molecular formula is C14H20O3. The van der Waals surface area contributed by atoms with Gasteiger partial charge in [-0.05, 0) is 44.1 Å². The summed E-state index contributed by atoms with van der Waals surface area (Å²) in [6.45, 7) is 6.59. The highest BCUT2D eigenvalue weighted by Crippen LogP contribution is 2.30. The number of hydrogen-bond donors (Lipinski definition) is 0. The van der Waals surface area contributed by atoms with Gasteiger partial charge in [0.2, 0.25) is 0 Å². The topological polar surface area (TPSA) is 38.8 Å². The molecule has 1 fully saturated rings. The monoisotopic (exact) mass is 236 g/mol. The van der Waals surface area contributed by atoms with Crippen LogP contribution in [0.15, 0.2) is 23.8 Å². The number of esters is 1. The molecule has 1 saturated heterocycles. The van der Waals surface area contributed by atoms with E-state index in [9.17, 15) is 4.79 Å². The zero-order chi connectivity index (χ0) is 12.3. The number of ether oxygens (including phenoxy) is 2. The van der Waals surface area contributed by atoms with Crippen molar-refractivity contribution in [2.75, 3.05) is 13.2 Å². The van der Waals surface area contributed by atoms with Gasteiger partial charge in [0.05, 0.1) is 12.7 Å². The van der Waals surface area contributed by atoms with Crippen molar-refractivity contribution in [3.63, 3.8) is 0 Å². The number of rotatable bonds is 5. The van der Waals surface area contributed by atoms with Crippen molar-refractivity contribution in [2.45, 2.75) is 38.7 Å². The lowest BCUT2D eigenvalue weighted by Crippen LogP contribution is -2.13. The minimum Gasteiger partial charge on any atom is -0.458 e. The maximum absolute atomic E-state index is 11.3. The summed E-state index contributed by atoms with van der Waals surface area (Å²) in [6, 6.07) is 0. The van der Waals surface area contributed by atoms with E-state index in [0.29, 0.717) is 24.2 Å². The molecule has 3 nitrogen and oxygen atoms in total. The Kier molecular flexibility index (Phi) is 4.00. The van der Waals surface area contributed by atoms with E-state index in [1.807, 2.05) is 0 Å². The van der Waals surface area contributed by atoms with Crippen molar-refractivity contribution in [1.82, 2.24) is 0 Å². The maximum Gasteiger partial charge on any atom is 0.333 e. The predicted molar refractivity (Wildman–Crippen MR) is 65.6 cm³/mol. The molecule has 0 aromatic heterocycles. The minimum absolute atomic E-state index is 0.293. The van der Waals surface area contributed by atoms with Gasteiger partial charge in [0, 0.05) is 5.57 Å². The molecule has 1 aliphatic heterocycles. The van der Waals surface area contributed by atoms with E-state index in [2.05, 4.69) is 12.7 Å². The van der Waals surface area contributed by atoms with E-state index in [4.69, 9.17) is 9.47 Å². The molecule has 2 aliphatic rings. The SMILES string of the molecule is C=C(C)C(=O)OCC1=CC(CC2CO2)CCC1. The standard InChI is InChI=1S/C14H20O3/c1-10(2)14(15)17-8-12-5-3-4-11(6-12)7-13-9-16-13/h6,11,13H,1,3-5,7-9H2,2H3. The molecule has 94 valence electrons. The Labute approximate surface area is 102 Å². The zero-order valence-corrected chi connectivity index (χ0v) is 10.4. The molecular weight excluding hydrogens is 216 g/mol. The van der Waals surface area contributed by atoms with Crippen LogP contribution in [0.3, 0.4) is 0 Å². The third-order valence-electron chi connectivity index (χ3n) is 3.25. The van der Waals surface area contributed by atoms with Gasteiger partial charge in [-0.2, -0.15) is 0 Å². The summed E-state index contributed by atoms with van der Waals surface area (Å²) < 4.78 is 10.4. The fourth-order valence-corrected chi connectivity index (χ4v) is 2.22. The highest BCUT2D eigenvalue weighted by Gasteiger charge is 2.27. The first-order valence-corrected chi connectivity index (χ1v) is 6.29. The first-order chi connectivity index (χ1) is 8.15. The second-order valence-electron chi connectivity index (χ2n) is 5.02. The van der Waals surface area contributed by atoms with Crippen LogP contribution in [0, 0.1) is 5.92 Å². The van der Waals surface area contributed by atoms with E-state index in [1.54, 1.807) is 6.92 Å². The van der Waals surface area contributed by atoms with Crippen molar-refractivity contribution in [1.29, 1.82) is 0 Å². The average molecular weight is 236 g/mol. The first kappa shape index (κ1) is 12.4. The van der Waals surface area contributed by atoms with Crippen LogP contribution in [0.1, 0.15) is 32.6 Å². The number of carbonyl (C=O) groups is 1. The summed E-state index contributed by atoms with van der Waals surface area (Å²) in [5, 5.41) is 0. The van der Waals surface area contributed by atoms with Crippen molar-refractivity contribution >= 4 is 5.97 Å². The van der Waals surface area contributed by atoms with Gasteiger partial charge in [-0.3, -0.25) is 0 Å². The van der Waals surface area contributed by atoms with E-state index >= 15 is 0 Å². The molecule has 2 unspecified atom stereocenters. The van der Waals surface area contributed by atoms with Crippen LogP contribution in [-0.4, -0.2) is 25.3 Å². The molecule has 0 bridgehead atoms. The normalized spacial score (nSPS) is 27.2. The average Bonchev–Trinajstić information content (AvgIpc) is 3.10. The molecule has 0 saturated carbocycles. The maximum atomic E-state index is 11.3. The highest BCUT2D eigenvalue weighted by molar-refractivity contribution is 5.87. The van der Waals surface area contributed by atoms with Crippen LogP contribution in [0.2, 0.25) is 0 Å². The van der Waals surface area contributed by atoms with Crippen molar-refractivity contribution in [3.05, 3.63) is 23.8 Å².